The maximum atomic E-state index is 11.3. The summed E-state index contributed by atoms with van der Waals surface area (Å²) in [6.45, 7) is 2.10. The van der Waals surface area contributed by atoms with Gasteiger partial charge in [0.1, 0.15) is 0 Å². The van der Waals surface area contributed by atoms with E-state index in [4.69, 9.17) is 9.47 Å². The van der Waals surface area contributed by atoms with E-state index < -0.39 is 0 Å². The molecule has 3 heteroatoms. The number of hydrogen-bond donors (Lipinski definition) is 0. The average molecular weight is 180 g/mol. The molecule has 2 unspecified atom stereocenters. The Bertz CT molecular complexity index is 293. The quantitative estimate of drug-likeness (QED) is 0.410. The van der Waals surface area contributed by atoms with Crippen LogP contribution in [0.3, 0.4) is 0 Å². The van der Waals surface area contributed by atoms with Gasteiger partial charge in [-0.3, -0.25) is 4.79 Å². The Morgan fingerprint density at radius 1 is 1.23 bits per heavy atom. The molecule has 2 atom stereocenters. The van der Waals surface area contributed by atoms with Crippen molar-refractivity contribution in [3.63, 3.8) is 0 Å². The van der Waals surface area contributed by atoms with Crippen LogP contribution in [0.25, 0.3) is 0 Å². The lowest BCUT2D eigenvalue weighted by atomic mass is 9.78. The Labute approximate surface area is 76.7 Å². The van der Waals surface area contributed by atoms with Crippen LogP contribution in [0.5, 0.6) is 0 Å². The SMILES string of the molecule is O=C1OCC2C3=C(CCC12)COC3. The van der Waals surface area contributed by atoms with E-state index in [0.29, 0.717) is 12.5 Å². The van der Waals surface area contributed by atoms with E-state index in [-0.39, 0.29) is 11.9 Å². The normalized spacial score (nSPS) is 37.4. The summed E-state index contributed by atoms with van der Waals surface area (Å²) >= 11 is 0. The number of ether oxygens (including phenoxy) is 2. The van der Waals surface area contributed by atoms with Crippen molar-refractivity contribution in [3.05, 3.63) is 11.1 Å². The van der Waals surface area contributed by atoms with Crippen LogP contribution < -0.4 is 0 Å². The van der Waals surface area contributed by atoms with E-state index in [2.05, 4.69) is 0 Å². The number of cyclic esters (lactones) is 1. The zero-order valence-electron chi connectivity index (χ0n) is 7.41. The average Bonchev–Trinajstić information content (AvgIpc) is 2.70. The van der Waals surface area contributed by atoms with E-state index in [1.165, 1.54) is 11.1 Å². The first-order chi connectivity index (χ1) is 6.36. The number of carbonyl (C=O) groups is 1. The van der Waals surface area contributed by atoms with Gasteiger partial charge in [0.2, 0.25) is 0 Å². The zero-order valence-corrected chi connectivity index (χ0v) is 7.41. The molecule has 3 aliphatic rings. The van der Waals surface area contributed by atoms with Gasteiger partial charge in [-0.05, 0) is 24.0 Å². The van der Waals surface area contributed by atoms with Crippen molar-refractivity contribution in [1.29, 1.82) is 0 Å². The van der Waals surface area contributed by atoms with Gasteiger partial charge in [0, 0.05) is 5.92 Å². The lowest BCUT2D eigenvalue weighted by Gasteiger charge is -2.22. The minimum absolute atomic E-state index is 0.00319. The van der Waals surface area contributed by atoms with Crippen molar-refractivity contribution < 1.29 is 14.3 Å². The lowest BCUT2D eigenvalue weighted by Crippen LogP contribution is -2.23. The number of esters is 1. The summed E-state index contributed by atoms with van der Waals surface area (Å²) in [4.78, 5) is 11.3. The molecule has 70 valence electrons. The Morgan fingerprint density at radius 2 is 2.15 bits per heavy atom. The highest BCUT2D eigenvalue weighted by Crippen LogP contribution is 2.41. The number of rotatable bonds is 0. The van der Waals surface area contributed by atoms with Gasteiger partial charge in [-0.25, -0.2) is 0 Å². The lowest BCUT2D eigenvalue weighted by molar-refractivity contribution is -0.141. The molecule has 13 heavy (non-hydrogen) atoms. The molecule has 2 aliphatic heterocycles. The Morgan fingerprint density at radius 3 is 3.08 bits per heavy atom. The Hall–Kier alpha value is -0.830. The third kappa shape index (κ3) is 0.967. The summed E-state index contributed by atoms with van der Waals surface area (Å²) < 4.78 is 10.5. The molecule has 0 spiro atoms. The van der Waals surface area contributed by atoms with Crippen LogP contribution in [0.4, 0.5) is 0 Å². The summed E-state index contributed by atoms with van der Waals surface area (Å²) in [7, 11) is 0. The number of hydrogen-bond acceptors (Lipinski definition) is 3. The standard InChI is InChI=1S/C10H12O3/c11-10-7-2-1-6-3-12-4-8(6)9(7)5-13-10/h7,9H,1-5H2. The van der Waals surface area contributed by atoms with Crippen LogP contribution in [-0.2, 0) is 14.3 Å². The predicted octanol–water partition coefficient (Wildman–Crippen LogP) is 0.896. The first-order valence-corrected chi connectivity index (χ1v) is 4.81. The van der Waals surface area contributed by atoms with Crippen molar-refractivity contribution in [2.45, 2.75) is 12.8 Å². The highest BCUT2D eigenvalue weighted by atomic mass is 16.5. The highest BCUT2D eigenvalue weighted by Gasteiger charge is 2.43. The van der Waals surface area contributed by atoms with Crippen LogP contribution in [0.15, 0.2) is 11.1 Å². The number of carbonyl (C=O) groups excluding carboxylic acids is 1. The molecular weight excluding hydrogens is 168 g/mol. The Balaban J connectivity index is 1.96. The van der Waals surface area contributed by atoms with Gasteiger partial charge >= 0.3 is 5.97 Å². The van der Waals surface area contributed by atoms with Gasteiger partial charge in [-0.15, -0.1) is 0 Å². The first kappa shape index (κ1) is 7.56. The van der Waals surface area contributed by atoms with E-state index >= 15 is 0 Å². The topological polar surface area (TPSA) is 35.5 Å². The second-order valence-electron chi connectivity index (χ2n) is 4.00. The van der Waals surface area contributed by atoms with E-state index in [1.807, 2.05) is 0 Å². The van der Waals surface area contributed by atoms with Crippen molar-refractivity contribution in [2.75, 3.05) is 19.8 Å². The summed E-state index contributed by atoms with van der Waals surface area (Å²) in [5.74, 6) is 0.489. The van der Waals surface area contributed by atoms with Crippen molar-refractivity contribution in [3.8, 4) is 0 Å². The minimum Gasteiger partial charge on any atom is -0.465 e. The molecule has 3 nitrogen and oxygen atoms in total. The maximum Gasteiger partial charge on any atom is 0.309 e. The molecule has 1 fully saturated rings. The largest absolute Gasteiger partial charge is 0.465 e. The molecule has 0 aromatic carbocycles. The molecule has 1 saturated heterocycles. The molecule has 0 radical (unpaired) electrons. The van der Waals surface area contributed by atoms with Crippen LogP contribution in [0.2, 0.25) is 0 Å². The molecule has 0 aromatic rings. The second-order valence-corrected chi connectivity index (χ2v) is 4.00. The van der Waals surface area contributed by atoms with Gasteiger partial charge in [-0.2, -0.15) is 0 Å². The molecule has 0 amide bonds. The predicted molar refractivity (Wildman–Crippen MR) is 45.0 cm³/mol. The second kappa shape index (κ2) is 2.58. The Kier molecular flexibility index (Phi) is 1.50. The van der Waals surface area contributed by atoms with E-state index in [9.17, 15) is 4.79 Å². The highest BCUT2D eigenvalue weighted by molar-refractivity contribution is 5.76. The van der Waals surface area contributed by atoms with Gasteiger partial charge in [-0.1, -0.05) is 0 Å². The van der Waals surface area contributed by atoms with Crippen molar-refractivity contribution in [1.82, 2.24) is 0 Å². The first-order valence-electron chi connectivity index (χ1n) is 4.81. The third-order valence-electron chi connectivity index (χ3n) is 3.39. The summed E-state index contributed by atoms with van der Waals surface area (Å²) in [5, 5.41) is 0. The van der Waals surface area contributed by atoms with Gasteiger partial charge in [0.25, 0.3) is 0 Å². The molecule has 0 saturated carbocycles. The summed E-state index contributed by atoms with van der Waals surface area (Å²) in [6, 6.07) is 0. The van der Waals surface area contributed by atoms with Crippen LogP contribution >= 0.6 is 0 Å². The summed E-state index contributed by atoms with van der Waals surface area (Å²) in [6.07, 6.45) is 2.00. The monoisotopic (exact) mass is 180 g/mol. The molecular formula is C10H12O3. The fourth-order valence-corrected chi connectivity index (χ4v) is 2.63. The minimum atomic E-state index is 0.00319. The van der Waals surface area contributed by atoms with Crippen molar-refractivity contribution in [2.24, 2.45) is 11.8 Å². The third-order valence-corrected chi connectivity index (χ3v) is 3.39. The maximum absolute atomic E-state index is 11.3. The van der Waals surface area contributed by atoms with Gasteiger partial charge in [0.05, 0.1) is 25.7 Å². The van der Waals surface area contributed by atoms with Crippen LogP contribution in [0.1, 0.15) is 12.8 Å². The fourth-order valence-electron chi connectivity index (χ4n) is 2.63. The van der Waals surface area contributed by atoms with Crippen LogP contribution in [0, 0.1) is 11.8 Å². The zero-order chi connectivity index (χ0) is 8.84. The number of fused-ring (bicyclic) bond motifs is 2. The van der Waals surface area contributed by atoms with Crippen LogP contribution in [-0.4, -0.2) is 25.8 Å². The molecule has 0 bridgehead atoms. The summed E-state index contributed by atoms with van der Waals surface area (Å²) in [5.41, 5.74) is 2.79. The van der Waals surface area contributed by atoms with Gasteiger partial charge in [0.15, 0.2) is 0 Å². The van der Waals surface area contributed by atoms with E-state index in [1.54, 1.807) is 0 Å². The smallest absolute Gasteiger partial charge is 0.309 e. The van der Waals surface area contributed by atoms with Crippen molar-refractivity contribution >= 4 is 5.97 Å². The molecule has 0 N–H and O–H groups in total. The molecule has 3 rings (SSSR count). The fraction of sp³-hybridized carbons (Fsp3) is 0.700. The molecule has 2 heterocycles. The van der Waals surface area contributed by atoms with E-state index in [0.717, 1.165) is 26.1 Å². The molecule has 1 aliphatic carbocycles. The van der Waals surface area contributed by atoms with Gasteiger partial charge < -0.3 is 9.47 Å². The molecule has 0 aromatic heterocycles.